The van der Waals surface area contributed by atoms with Crippen molar-refractivity contribution in [3.05, 3.63) is 33.3 Å². The van der Waals surface area contributed by atoms with E-state index < -0.39 is 0 Å². The molecule has 0 saturated carbocycles. The number of nitrogens with two attached hydrogens (primary N) is 1. The quantitative estimate of drug-likeness (QED) is 0.915. The standard InChI is InChI=1S/C12H16BrClN2.ClH/c13-11-5-9(1-2-12(11)14)7-16-4-3-10(6-15)8-16;/h1-2,5,10H,3-4,6-8,15H2;1H. The van der Waals surface area contributed by atoms with Crippen LogP contribution in [-0.2, 0) is 6.54 Å². The molecule has 0 aromatic heterocycles. The lowest BCUT2D eigenvalue weighted by Crippen LogP contribution is -2.22. The lowest BCUT2D eigenvalue weighted by Gasteiger charge is -2.16. The summed E-state index contributed by atoms with van der Waals surface area (Å²) in [5, 5.41) is 0.769. The first-order valence-corrected chi connectivity index (χ1v) is 6.72. The van der Waals surface area contributed by atoms with Crippen LogP contribution < -0.4 is 5.73 Å². The van der Waals surface area contributed by atoms with Gasteiger partial charge < -0.3 is 5.73 Å². The molecule has 2 N–H and O–H groups in total. The highest BCUT2D eigenvalue weighted by molar-refractivity contribution is 9.10. The van der Waals surface area contributed by atoms with Gasteiger partial charge in [-0.2, -0.15) is 0 Å². The topological polar surface area (TPSA) is 29.3 Å². The van der Waals surface area contributed by atoms with E-state index in [1.54, 1.807) is 0 Å². The van der Waals surface area contributed by atoms with Gasteiger partial charge in [0.15, 0.2) is 0 Å². The van der Waals surface area contributed by atoms with Gasteiger partial charge in [0.2, 0.25) is 0 Å². The van der Waals surface area contributed by atoms with Gasteiger partial charge in [-0.15, -0.1) is 12.4 Å². The molecule has 17 heavy (non-hydrogen) atoms. The number of likely N-dealkylation sites (tertiary alicyclic amines) is 1. The molecule has 2 rings (SSSR count). The van der Waals surface area contributed by atoms with E-state index in [9.17, 15) is 0 Å². The van der Waals surface area contributed by atoms with Gasteiger partial charge in [0.25, 0.3) is 0 Å². The summed E-state index contributed by atoms with van der Waals surface area (Å²) in [7, 11) is 0. The van der Waals surface area contributed by atoms with Gasteiger partial charge in [-0.3, -0.25) is 4.90 Å². The maximum Gasteiger partial charge on any atom is 0.0548 e. The second-order valence-corrected chi connectivity index (χ2v) is 5.64. The van der Waals surface area contributed by atoms with Gasteiger partial charge in [0, 0.05) is 17.6 Å². The van der Waals surface area contributed by atoms with Crippen molar-refractivity contribution in [2.75, 3.05) is 19.6 Å². The fourth-order valence-corrected chi connectivity index (χ4v) is 2.69. The van der Waals surface area contributed by atoms with E-state index in [1.807, 2.05) is 6.07 Å². The molecule has 2 nitrogen and oxygen atoms in total. The van der Waals surface area contributed by atoms with Gasteiger partial charge in [-0.05, 0) is 59.1 Å². The summed E-state index contributed by atoms with van der Waals surface area (Å²) >= 11 is 9.42. The molecule has 0 aliphatic carbocycles. The summed E-state index contributed by atoms with van der Waals surface area (Å²) in [6, 6.07) is 6.12. The Morgan fingerprint density at radius 1 is 1.47 bits per heavy atom. The van der Waals surface area contributed by atoms with Crippen LogP contribution in [-0.4, -0.2) is 24.5 Å². The highest BCUT2D eigenvalue weighted by atomic mass is 79.9. The van der Waals surface area contributed by atoms with Crippen molar-refractivity contribution in [1.29, 1.82) is 0 Å². The SMILES string of the molecule is Cl.NCC1CCN(Cc2ccc(Cl)c(Br)c2)C1. The van der Waals surface area contributed by atoms with Crippen LogP contribution in [0.3, 0.4) is 0 Å². The largest absolute Gasteiger partial charge is 0.330 e. The van der Waals surface area contributed by atoms with Gasteiger partial charge in [0.1, 0.15) is 0 Å². The molecular weight excluding hydrogens is 323 g/mol. The van der Waals surface area contributed by atoms with Crippen LogP contribution in [0.4, 0.5) is 0 Å². The second kappa shape index (κ2) is 6.95. The van der Waals surface area contributed by atoms with Gasteiger partial charge in [0.05, 0.1) is 5.02 Å². The third-order valence-corrected chi connectivity index (χ3v) is 4.31. The molecule has 0 spiro atoms. The van der Waals surface area contributed by atoms with Crippen molar-refractivity contribution in [3.63, 3.8) is 0 Å². The summed E-state index contributed by atoms with van der Waals surface area (Å²) in [6.07, 6.45) is 1.23. The highest BCUT2D eigenvalue weighted by Gasteiger charge is 2.20. The smallest absolute Gasteiger partial charge is 0.0548 e. The van der Waals surface area contributed by atoms with Crippen molar-refractivity contribution in [3.8, 4) is 0 Å². The van der Waals surface area contributed by atoms with Crippen LogP contribution >= 0.6 is 39.9 Å². The van der Waals surface area contributed by atoms with Crippen LogP contribution in [0.25, 0.3) is 0 Å². The molecule has 0 amide bonds. The molecule has 5 heteroatoms. The van der Waals surface area contributed by atoms with E-state index >= 15 is 0 Å². The fourth-order valence-electron chi connectivity index (χ4n) is 2.15. The Bertz CT molecular complexity index is 374. The molecular formula is C12H17BrCl2N2. The predicted octanol–water partition coefficient (Wildman–Crippen LogP) is 3.30. The summed E-state index contributed by atoms with van der Waals surface area (Å²) in [4.78, 5) is 2.45. The molecule has 1 aliphatic heterocycles. The van der Waals surface area contributed by atoms with Crippen molar-refractivity contribution in [2.24, 2.45) is 11.7 Å². The van der Waals surface area contributed by atoms with Crippen LogP contribution in [0.15, 0.2) is 22.7 Å². The summed E-state index contributed by atoms with van der Waals surface area (Å²) in [5.41, 5.74) is 6.98. The summed E-state index contributed by atoms with van der Waals surface area (Å²) < 4.78 is 0.973. The number of rotatable bonds is 3. The third-order valence-electron chi connectivity index (χ3n) is 3.09. The van der Waals surface area contributed by atoms with Crippen molar-refractivity contribution in [2.45, 2.75) is 13.0 Å². The number of halogens is 3. The number of nitrogens with zero attached hydrogens (tertiary/aromatic N) is 1. The Labute approximate surface area is 122 Å². The van der Waals surface area contributed by atoms with Gasteiger partial charge >= 0.3 is 0 Å². The van der Waals surface area contributed by atoms with Gasteiger partial charge in [-0.25, -0.2) is 0 Å². The molecule has 1 aromatic carbocycles. The molecule has 0 radical (unpaired) electrons. The summed E-state index contributed by atoms with van der Waals surface area (Å²) in [6.45, 7) is 4.08. The highest BCUT2D eigenvalue weighted by Crippen LogP contribution is 2.25. The number of benzene rings is 1. The van der Waals surface area contributed by atoms with E-state index in [0.29, 0.717) is 5.92 Å². The second-order valence-electron chi connectivity index (χ2n) is 4.37. The van der Waals surface area contributed by atoms with Crippen LogP contribution in [0.5, 0.6) is 0 Å². The lowest BCUT2D eigenvalue weighted by molar-refractivity contribution is 0.318. The Hall–Kier alpha value is 0.200. The van der Waals surface area contributed by atoms with Crippen molar-refractivity contribution in [1.82, 2.24) is 4.90 Å². The zero-order chi connectivity index (χ0) is 11.5. The maximum atomic E-state index is 5.97. The Balaban J connectivity index is 0.00000144. The van der Waals surface area contributed by atoms with Gasteiger partial charge in [-0.1, -0.05) is 17.7 Å². The first-order chi connectivity index (χ1) is 7.69. The zero-order valence-electron chi connectivity index (χ0n) is 9.53. The van der Waals surface area contributed by atoms with E-state index in [-0.39, 0.29) is 12.4 Å². The van der Waals surface area contributed by atoms with Crippen LogP contribution in [0, 0.1) is 5.92 Å². The van der Waals surface area contributed by atoms with Crippen LogP contribution in [0.2, 0.25) is 5.02 Å². The molecule has 0 bridgehead atoms. The Kier molecular flexibility index (Phi) is 6.24. The molecule has 1 aromatic rings. The maximum absolute atomic E-state index is 5.97. The van der Waals surface area contributed by atoms with E-state index in [4.69, 9.17) is 17.3 Å². The minimum absolute atomic E-state index is 0. The Morgan fingerprint density at radius 2 is 2.24 bits per heavy atom. The van der Waals surface area contributed by atoms with E-state index in [2.05, 4.69) is 33.0 Å². The fraction of sp³-hybridized carbons (Fsp3) is 0.500. The molecule has 1 fully saturated rings. The molecule has 1 atom stereocenters. The van der Waals surface area contributed by atoms with Crippen molar-refractivity contribution < 1.29 is 0 Å². The molecule has 1 heterocycles. The zero-order valence-corrected chi connectivity index (χ0v) is 12.7. The van der Waals surface area contributed by atoms with Crippen molar-refractivity contribution >= 4 is 39.9 Å². The average molecular weight is 340 g/mol. The molecule has 96 valence electrons. The summed E-state index contributed by atoms with van der Waals surface area (Å²) in [5.74, 6) is 0.677. The molecule has 1 aliphatic rings. The third kappa shape index (κ3) is 4.11. The Morgan fingerprint density at radius 3 is 2.82 bits per heavy atom. The number of hydrogen-bond donors (Lipinski definition) is 1. The number of hydrogen-bond acceptors (Lipinski definition) is 2. The van der Waals surface area contributed by atoms with Crippen LogP contribution in [0.1, 0.15) is 12.0 Å². The lowest BCUT2D eigenvalue weighted by atomic mass is 10.1. The molecule has 1 unspecified atom stereocenters. The minimum atomic E-state index is 0. The normalized spacial score (nSPS) is 20.3. The first kappa shape index (κ1) is 15.3. The predicted molar refractivity (Wildman–Crippen MR) is 78.8 cm³/mol. The minimum Gasteiger partial charge on any atom is -0.330 e. The van der Waals surface area contributed by atoms with E-state index in [1.165, 1.54) is 12.0 Å². The monoisotopic (exact) mass is 338 g/mol. The molecule has 1 saturated heterocycles. The average Bonchev–Trinajstić information content (AvgIpc) is 2.71. The van der Waals surface area contributed by atoms with E-state index in [0.717, 1.165) is 35.7 Å². The first-order valence-electron chi connectivity index (χ1n) is 5.55.